The van der Waals surface area contributed by atoms with Crippen LogP contribution in [0.1, 0.15) is 47.6 Å². The van der Waals surface area contributed by atoms with Gasteiger partial charge in [0.1, 0.15) is 11.9 Å². The van der Waals surface area contributed by atoms with E-state index in [2.05, 4.69) is 170 Å². The van der Waals surface area contributed by atoms with Crippen LogP contribution < -0.4 is 9.64 Å². The number of benzene rings is 6. The fourth-order valence-electron chi connectivity index (χ4n) is 7.92. The minimum absolute atomic E-state index is 0.0341. The van der Waals surface area contributed by atoms with E-state index in [9.17, 15) is 0 Å². The molecule has 0 spiro atoms. The van der Waals surface area contributed by atoms with Crippen LogP contribution in [0.25, 0.3) is 28.3 Å². The van der Waals surface area contributed by atoms with Crippen LogP contribution in [-0.4, -0.2) is 6.10 Å². The van der Waals surface area contributed by atoms with Gasteiger partial charge in [0.25, 0.3) is 0 Å². The molecule has 2 nitrogen and oxygen atoms in total. The zero-order valence-electron chi connectivity index (χ0n) is 25.4. The van der Waals surface area contributed by atoms with E-state index in [1.54, 1.807) is 0 Å². The first kappa shape index (κ1) is 26.1. The number of para-hydroxylation sites is 2. The SMILES string of the molecule is CC1(C)c2ccccc2-c2c(N(c3ccc4c(c3)C=CC3Oc5ccccc5C43)c3ccccc3-c3ccccc3)cccc21. The second-order valence-electron chi connectivity index (χ2n) is 12.9. The molecule has 9 rings (SSSR count). The van der Waals surface area contributed by atoms with Crippen LogP contribution in [0.3, 0.4) is 0 Å². The van der Waals surface area contributed by atoms with Gasteiger partial charge in [-0.1, -0.05) is 129 Å². The number of hydrogen-bond donors (Lipinski definition) is 0. The van der Waals surface area contributed by atoms with Gasteiger partial charge in [-0.15, -0.1) is 0 Å². The van der Waals surface area contributed by atoms with Gasteiger partial charge >= 0.3 is 0 Å². The molecular weight excluding hydrogens is 546 g/mol. The number of rotatable bonds is 4. The number of anilines is 3. The third-order valence-electron chi connectivity index (χ3n) is 10.0. The van der Waals surface area contributed by atoms with Crippen molar-refractivity contribution in [1.82, 2.24) is 0 Å². The van der Waals surface area contributed by atoms with E-state index in [-0.39, 0.29) is 17.4 Å². The molecule has 216 valence electrons. The summed E-state index contributed by atoms with van der Waals surface area (Å²) >= 11 is 0. The number of fused-ring (bicyclic) bond motifs is 8. The van der Waals surface area contributed by atoms with E-state index >= 15 is 0 Å². The lowest BCUT2D eigenvalue weighted by Gasteiger charge is -2.32. The lowest BCUT2D eigenvalue weighted by Crippen LogP contribution is -2.21. The molecule has 0 saturated heterocycles. The molecule has 2 atom stereocenters. The molecule has 0 N–H and O–H groups in total. The smallest absolute Gasteiger partial charge is 0.128 e. The Morgan fingerprint density at radius 3 is 2.20 bits per heavy atom. The summed E-state index contributed by atoms with van der Waals surface area (Å²) in [5, 5.41) is 0. The van der Waals surface area contributed by atoms with Crippen molar-refractivity contribution in [3.8, 4) is 28.0 Å². The number of ether oxygens (including phenoxy) is 1. The fraction of sp³-hybridized carbons (Fsp3) is 0.116. The molecular formula is C43H33NO. The van der Waals surface area contributed by atoms with Gasteiger partial charge in [0.2, 0.25) is 0 Å². The molecule has 3 aliphatic rings. The predicted molar refractivity (Wildman–Crippen MR) is 186 cm³/mol. The van der Waals surface area contributed by atoms with Crippen molar-refractivity contribution in [2.24, 2.45) is 0 Å². The van der Waals surface area contributed by atoms with Gasteiger partial charge < -0.3 is 9.64 Å². The van der Waals surface area contributed by atoms with Gasteiger partial charge in [-0.25, -0.2) is 0 Å². The molecule has 1 aliphatic heterocycles. The van der Waals surface area contributed by atoms with E-state index in [0.29, 0.717) is 0 Å². The lowest BCUT2D eigenvalue weighted by molar-refractivity contribution is 0.267. The second kappa shape index (κ2) is 9.84. The van der Waals surface area contributed by atoms with Crippen molar-refractivity contribution in [2.75, 3.05) is 4.90 Å². The molecule has 6 aromatic carbocycles. The molecule has 0 amide bonds. The molecule has 1 heterocycles. The summed E-state index contributed by atoms with van der Waals surface area (Å²) in [5.74, 6) is 1.20. The molecule has 0 radical (unpaired) electrons. The van der Waals surface area contributed by atoms with Gasteiger partial charge in [-0.2, -0.15) is 0 Å². The highest BCUT2D eigenvalue weighted by Crippen LogP contribution is 2.55. The second-order valence-corrected chi connectivity index (χ2v) is 12.9. The summed E-state index contributed by atoms with van der Waals surface area (Å²) in [5.41, 5.74) is 15.0. The van der Waals surface area contributed by atoms with Crippen molar-refractivity contribution in [1.29, 1.82) is 0 Å². The average Bonchev–Trinajstić information content (AvgIpc) is 3.58. The highest BCUT2D eigenvalue weighted by Gasteiger charge is 2.39. The minimum Gasteiger partial charge on any atom is -0.485 e. The van der Waals surface area contributed by atoms with Crippen LogP contribution in [-0.2, 0) is 5.41 Å². The molecule has 0 bridgehead atoms. The van der Waals surface area contributed by atoms with Crippen LogP contribution in [0.4, 0.5) is 17.1 Å². The molecule has 0 fully saturated rings. The van der Waals surface area contributed by atoms with Gasteiger partial charge in [0.15, 0.2) is 0 Å². The first-order valence-electron chi connectivity index (χ1n) is 15.9. The summed E-state index contributed by atoms with van der Waals surface area (Å²) in [7, 11) is 0. The molecule has 2 unspecified atom stereocenters. The maximum Gasteiger partial charge on any atom is 0.128 e. The Labute approximate surface area is 264 Å². The maximum absolute atomic E-state index is 6.35. The van der Waals surface area contributed by atoms with E-state index in [1.807, 2.05) is 0 Å². The molecule has 45 heavy (non-hydrogen) atoms. The first-order chi connectivity index (χ1) is 22.1. The van der Waals surface area contributed by atoms with Crippen molar-refractivity contribution in [3.63, 3.8) is 0 Å². The standard InChI is InChI=1S/C43H33NO/c1-43(2)35-18-9-6-16-33(35)42-36(43)19-12-21-38(42)44(37-20-10-7-15-31(37)28-13-4-3-5-14-28)30-24-25-32-29(27-30)23-26-40-41(32)34-17-8-11-22-39(34)45-40/h3-27,40-41H,1-2H3. The third kappa shape index (κ3) is 3.88. The summed E-state index contributed by atoms with van der Waals surface area (Å²) in [6, 6.07) is 50.8. The minimum atomic E-state index is -0.0873. The molecule has 0 saturated carbocycles. The average molecular weight is 580 g/mol. The summed E-state index contributed by atoms with van der Waals surface area (Å²) in [6.45, 7) is 4.71. The van der Waals surface area contributed by atoms with E-state index in [1.165, 1.54) is 55.8 Å². The van der Waals surface area contributed by atoms with E-state index < -0.39 is 0 Å². The summed E-state index contributed by atoms with van der Waals surface area (Å²) < 4.78 is 6.35. The van der Waals surface area contributed by atoms with Crippen LogP contribution in [0, 0.1) is 0 Å². The maximum atomic E-state index is 6.35. The normalized spacial score (nSPS) is 17.8. The Bertz CT molecular complexity index is 2140. The molecule has 2 aliphatic carbocycles. The Kier molecular flexibility index (Phi) is 5.70. The topological polar surface area (TPSA) is 12.5 Å². The van der Waals surface area contributed by atoms with E-state index in [0.717, 1.165) is 17.1 Å². The van der Waals surface area contributed by atoms with Gasteiger partial charge in [-0.05, 0) is 69.8 Å². The first-order valence-corrected chi connectivity index (χ1v) is 15.9. The van der Waals surface area contributed by atoms with Gasteiger partial charge in [-0.3, -0.25) is 0 Å². The van der Waals surface area contributed by atoms with Crippen LogP contribution in [0.15, 0.2) is 146 Å². The zero-order chi connectivity index (χ0) is 30.1. The largest absolute Gasteiger partial charge is 0.485 e. The quantitative estimate of drug-likeness (QED) is 0.206. The number of hydrogen-bond acceptors (Lipinski definition) is 2. The van der Waals surface area contributed by atoms with Crippen LogP contribution in [0.5, 0.6) is 5.75 Å². The van der Waals surface area contributed by atoms with Crippen molar-refractivity contribution >= 4 is 23.1 Å². The van der Waals surface area contributed by atoms with Crippen LogP contribution in [0.2, 0.25) is 0 Å². The van der Waals surface area contributed by atoms with Crippen LogP contribution >= 0.6 is 0 Å². The monoisotopic (exact) mass is 579 g/mol. The van der Waals surface area contributed by atoms with Crippen molar-refractivity contribution < 1.29 is 4.74 Å². The van der Waals surface area contributed by atoms with Crippen molar-refractivity contribution in [3.05, 3.63) is 173 Å². The lowest BCUT2D eigenvalue weighted by atomic mass is 9.81. The van der Waals surface area contributed by atoms with Crippen molar-refractivity contribution in [2.45, 2.75) is 31.3 Å². The zero-order valence-corrected chi connectivity index (χ0v) is 25.4. The van der Waals surface area contributed by atoms with Gasteiger partial charge in [0, 0.05) is 27.8 Å². The Hall–Kier alpha value is -5.34. The molecule has 2 heteroatoms. The fourth-order valence-corrected chi connectivity index (χ4v) is 7.92. The third-order valence-corrected chi connectivity index (χ3v) is 10.0. The summed E-state index contributed by atoms with van der Waals surface area (Å²) in [6.07, 6.45) is 4.52. The highest BCUT2D eigenvalue weighted by atomic mass is 16.5. The Morgan fingerprint density at radius 1 is 0.600 bits per heavy atom. The van der Waals surface area contributed by atoms with E-state index in [4.69, 9.17) is 4.74 Å². The Morgan fingerprint density at radius 2 is 1.31 bits per heavy atom. The number of nitrogens with zero attached hydrogens (tertiary/aromatic N) is 1. The highest BCUT2D eigenvalue weighted by molar-refractivity contribution is 5.98. The Balaban J connectivity index is 1.29. The van der Waals surface area contributed by atoms with Gasteiger partial charge in [0.05, 0.1) is 17.3 Å². The molecule has 0 aromatic heterocycles. The summed E-state index contributed by atoms with van der Waals surface area (Å²) in [4.78, 5) is 2.48. The molecule has 6 aromatic rings. The predicted octanol–water partition coefficient (Wildman–Crippen LogP) is 11.0.